The fraction of sp³-hybridized carbons (Fsp3) is 0.368. The van der Waals surface area contributed by atoms with Gasteiger partial charge in [0, 0.05) is 18.0 Å². The van der Waals surface area contributed by atoms with Crippen molar-refractivity contribution in [3.05, 3.63) is 47.8 Å². The maximum Gasteiger partial charge on any atom is 0.338 e. The van der Waals surface area contributed by atoms with Crippen LogP contribution in [0, 0.1) is 0 Å². The zero-order valence-corrected chi connectivity index (χ0v) is 15.5. The van der Waals surface area contributed by atoms with Gasteiger partial charge in [0.05, 0.1) is 31.1 Å². The van der Waals surface area contributed by atoms with Crippen LogP contribution in [-0.4, -0.2) is 47.5 Å². The van der Waals surface area contributed by atoms with Crippen molar-refractivity contribution in [1.82, 2.24) is 9.78 Å². The minimum absolute atomic E-state index is 0.101. The lowest BCUT2D eigenvalue weighted by atomic mass is 9.95. The van der Waals surface area contributed by atoms with E-state index in [9.17, 15) is 14.4 Å². The van der Waals surface area contributed by atoms with E-state index in [1.807, 2.05) is 0 Å². The molecule has 0 unspecified atom stereocenters. The van der Waals surface area contributed by atoms with Crippen LogP contribution in [0.15, 0.2) is 36.7 Å². The highest BCUT2D eigenvalue weighted by molar-refractivity contribution is 6.02. The summed E-state index contributed by atoms with van der Waals surface area (Å²) in [6.07, 6.45) is 3.23. The molecular weight excluding hydrogens is 352 g/mol. The molecule has 0 saturated carbocycles. The summed E-state index contributed by atoms with van der Waals surface area (Å²) in [5, 5.41) is 4.15. The highest BCUT2D eigenvalue weighted by Crippen LogP contribution is 2.28. The quantitative estimate of drug-likeness (QED) is 0.397. The molecule has 0 N–H and O–H groups in total. The van der Waals surface area contributed by atoms with Crippen molar-refractivity contribution in [2.45, 2.75) is 26.7 Å². The normalized spacial score (nSPS) is 10.5. The molecule has 8 nitrogen and oxygen atoms in total. The molecule has 0 amide bonds. The maximum absolute atomic E-state index is 12.5. The lowest BCUT2D eigenvalue weighted by Gasteiger charge is -2.19. The van der Waals surface area contributed by atoms with Crippen molar-refractivity contribution in [3.63, 3.8) is 0 Å². The average molecular weight is 374 g/mol. The van der Waals surface area contributed by atoms with Gasteiger partial charge in [0.1, 0.15) is 0 Å². The molecule has 1 heterocycles. The number of hydrogen-bond donors (Lipinski definition) is 0. The SMILES string of the molecule is CCOC(=O)c1ccc(-n2cccn2)c(C(C(=O)OCC)C(=O)OCC)c1. The van der Waals surface area contributed by atoms with Crippen molar-refractivity contribution in [2.75, 3.05) is 19.8 Å². The fourth-order valence-electron chi connectivity index (χ4n) is 2.55. The molecule has 0 aliphatic carbocycles. The van der Waals surface area contributed by atoms with Crippen LogP contribution in [0.25, 0.3) is 5.69 Å². The molecule has 0 aliphatic rings. The number of esters is 3. The van der Waals surface area contributed by atoms with E-state index in [-0.39, 0.29) is 30.9 Å². The van der Waals surface area contributed by atoms with Crippen LogP contribution < -0.4 is 0 Å². The van der Waals surface area contributed by atoms with Gasteiger partial charge in [-0.3, -0.25) is 9.59 Å². The Hall–Kier alpha value is -3.16. The molecule has 0 fully saturated rings. The third kappa shape index (κ3) is 4.72. The predicted molar refractivity (Wildman–Crippen MR) is 95.5 cm³/mol. The zero-order valence-electron chi connectivity index (χ0n) is 15.5. The summed E-state index contributed by atoms with van der Waals surface area (Å²) in [6.45, 7) is 5.38. The van der Waals surface area contributed by atoms with E-state index in [0.29, 0.717) is 5.69 Å². The number of benzene rings is 1. The van der Waals surface area contributed by atoms with Crippen LogP contribution >= 0.6 is 0 Å². The molecule has 8 heteroatoms. The Morgan fingerprint density at radius 1 is 1.00 bits per heavy atom. The first-order chi connectivity index (χ1) is 13.0. The van der Waals surface area contributed by atoms with E-state index in [1.165, 1.54) is 10.7 Å². The number of carbonyl (C=O) groups is 3. The Balaban J connectivity index is 2.62. The second-order valence-corrected chi connectivity index (χ2v) is 5.38. The highest BCUT2D eigenvalue weighted by atomic mass is 16.6. The summed E-state index contributed by atoms with van der Waals surface area (Å²) >= 11 is 0. The van der Waals surface area contributed by atoms with Gasteiger partial charge in [-0.25, -0.2) is 9.48 Å². The van der Waals surface area contributed by atoms with Gasteiger partial charge >= 0.3 is 17.9 Å². The van der Waals surface area contributed by atoms with Gasteiger partial charge in [0.15, 0.2) is 5.92 Å². The molecule has 0 saturated heterocycles. The molecule has 2 aromatic rings. The summed E-state index contributed by atoms with van der Waals surface area (Å²) in [6, 6.07) is 6.28. The Labute approximate surface area is 157 Å². The standard InChI is InChI=1S/C19H22N2O6/c1-4-25-17(22)13-8-9-15(21-11-7-10-20-21)14(12-13)16(18(23)26-5-2)19(24)27-6-3/h7-12,16H,4-6H2,1-3H3. The van der Waals surface area contributed by atoms with Gasteiger partial charge in [-0.15, -0.1) is 0 Å². The highest BCUT2D eigenvalue weighted by Gasteiger charge is 2.34. The lowest BCUT2D eigenvalue weighted by Crippen LogP contribution is -2.27. The second-order valence-electron chi connectivity index (χ2n) is 5.38. The Bertz CT molecular complexity index is 783. The Kier molecular flexibility index (Phi) is 7.10. The molecule has 0 bridgehead atoms. The molecule has 27 heavy (non-hydrogen) atoms. The maximum atomic E-state index is 12.5. The second kappa shape index (κ2) is 9.51. The average Bonchev–Trinajstić information content (AvgIpc) is 3.17. The van der Waals surface area contributed by atoms with E-state index in [4.69, 9.17) is 14.2 Å². The smallest absolute Gasteiger partial charge is 0.338 e. The molecule has 2 rings (SSSR count). The van der Waals surface area contributed by atoms with Crippen LogP contribution in [0.1, 0.15) is 42.6 Å². The van der Waals surface area contributed by atoms with Gasteiger partial charge in [0.25, 0.3) is 0 Å². The van der Waals surface area contributed by atoms with Crippen molar-refractivity contribution in [3.8, 4) is 5.69 Å². The Morgan fingerprint density at radius 2 is 1.63 bits per heavy atom. The van der Waals surface area contributed by atoms with Crippen molar-refractivity contribution < 1.29 is 28.6 Å². The third-order valence-corrected chi connectivity index (χ3v) is 3.65. The molecule has 0 radical (unpaired) electrons. The van der Waals surface area contributed by atoms with Gasteiger partial charge in [-0.1, -0.05) is 0 Å². The van der Waals surface area contributed by atoms with Crippen LogP contribution in [-0.2, 0) is 23.8 Å². The molecule has 144 valence electrons. The fourth-order valence-corrected chi connectivity index (χ4v) is 2.55. The largest absolute Gasteiger partial charge is 0.465 e. The number of carbonyl (C=O) groups excluding carboxylic acids is 3. The van der Waals surface area contributed by atoms with Gasteiger partial charge in [0.2, 0.25) is 0 Å². The minimum Gasteiger partial charge on any atom is -0.465 e. The van der Waals surface area contributed by atoms with Gasteiger partial charge < -0.3 is 14.2 Å². The van der Waals surface area contributed by atoms with E-state index in [0.717, 1.165) is 0 Å². The molecule has 0 spiro atoms. The van der Waals surface area contributed by atoms with Crippen LogP contribution in [0.2, 0.25) is 0 Å². The summed E-state index contributed by atoms with van der Waals surface area (Å²) in [7, 11) is 0. The molecular formula is C19H22N2O6. The molecule has 0 aliphatic heterocycles. The predicted octanol–water partition coefficient (Wildman–Crippen LogP) is 2.26. The topological polar surface area (TPSA) is 96.7 Å². The van der Waals surface area contributed by atoms with E-state index >= 15 is 0 Å². The van der Waals surface area contributed by atoms with Crippen LogP contribution in [0.5, 0.6) is 0 Å². The van der Waals surface area contributed by atoms with E-state index in [2.05, 4.69) is 5.10 Å². The van der Waals surface area contributed by atoms with Gasteiger partial charge in [-0.05, 0) is 45.0 Å². The Morgan fingerprint density at radius 3 is 2.15 bits per heavy atom. The first-order valence-electron chi connectivity index (χ1n) is 8.67. The lowest BCUT2D eigenvalue weighted by molar-refractivity contribution is -0.156. The van der Waals surface area contributed by atoms with E-state index in [1.54, 1.807) is 51.4 Å². The monoisotopic (exact) mass is 374 g/mol. The molecule has 1 aromatic heterocycles. The number of aromatic nitrogens is 2. The van der Waals surface area contributed by atoms with Crippen LogP contribution in [0.4, 0.5) is 0 Å². The van der Waals surface area contributed by atoms with Crippen molar-refractivity contribution >= 4 is 17.9 Å². The molecule has 0 atom stereocenters. The van der Waals surface area contributed by atoms with Gasteiger partial charge in [-0.2, -0.15) is 5.10 Å². The summed E-state index contributed by atoms with van der Waals surface area (Å²) in [5.74, 6) is -3.42. The number of rotatable bonds is 8. The first kappa shape index (κ1) is 20.2. The third-order valence-electron chi connectivity index (χ3n) is 3.65. The molecule has 1 aromatic carbocycles. The number of hydrogen-bond acceptors (Lipinski definition) is 7. The zero-order chi connectivity index (χ0) is 19.8. The number of ether oxygens (including phenoxy) is 3. The number of nitrogens with zero attached hydrogens (tertiary/aromatic N) is 2. The minimum atomic E-state index is -1.35. The summed E-state index contributed by atoms with van der Waals surface area (Å²) in [5.41, 5.74) is 0.918. The van der Waals surface area contributed by atoms with Crippen molar-refractivity contribution in [1.29, 1.82) is 0 Å². The van der Waals surface area contributed by atoms with Crippen LogP contribution in [0.3, 0.4) is 0 Å². The summed E-state index contributed by atoms with van der Waals surface area (Å²) in [4.78, 5) is 37.2. The van der Waals surface area contributed by atoms with E-state index < -0.39 is 23.8 Å². The first-order valence-corrected chi connectivity index (χ1v) is 8.67. The van der Waals surface area contributed by atoms with Crippen molar-refractivity contribution in [2.24, 2.45) is 0 Å². The summed E-state index contributed by atoms with van der Waals surface area (Å²) < 4.78 is 16.6.